The van der Waals surface area contributed by atoms with Crippen LogP contribution in [-0.2, 0) is 21.4 Å². The molecular formula is C24H29N3O3S. The van der Waals surface area contributed by atoms with Crippen LogP contribution >= 0.6 is 0 Å². The number of carbonyl (C=O) groups is 1. The molecule has 0 aliphatic carbocycles. The Morgan fingerprint density at radius 3 is 2.52 bits per heavy atom. The number of nitrogens with one attached hydrogen (secondary N) is 1. The SMILES string of the molecule is CC1CCN(S(=O)(=O)c2ccc3c(ccn3CC(=O)N[C@H](C)c3ccccc3)c2)CC1. The Morgan fingerprint density at radius 1 is 1.10 bits per heavy atom. The lowest BCUT2D eigenvalue weighted by Gasteiger charge is -2.29. The zero-order chi connectivity index (χ0) is 22.0. The summed E-state index contributed by atoms with van der Waals surface area (Å²) < 4.78 is 29.5. The maximum Gasteiger partial charge on any atom is 0.243 e. The van der Waals surface area contributed by atoms with E-state index in [9.17, 15) is 13.2 Å². The molecule has 0 saturated carbocycles. The van der Waals surface area contributed by atoms with E-state index in [4.69, 9.17) is 0 Å². The fourth-order valence-corrected chi connectivity index (χ4v) is 5.62. The van der Waals surface area contributed by atoms with Crippen LogP contribution in [-0.4, -0.2) is 36.3 Å². The smallest absolute Gasteiger partial charge is 0.243 e. The van der Waals surface area contributed by atoms with E-state index in [-0.39, 0.29) is 18.5 Å². The van der Waals surface area contributed by atoms with Crippen molar-refractivity contribution in [3.63, 3.8) is 0 Å². The molecule has 0 radical (unpaired) electrons. The first kappa shape index (κ1) is 21.6. The third-order valence-corrected chi connectivity index (χ3v) is 8.01. The van der Waals surface area contributed by atoms with Gasteiger partial charge in [-0.25, -0.2) is 8.42 Å². The molecule has 164 valence electrons. The van der Waals surface area contributed by atoms with Gasteiger partial charge in [-0.05, 0) is 55.5 Å². The van der Waals surface area contributed by atoms with Gasteiger partial charge in [-0.2, -0.15) is 4.31 Å². The van der Waals surface area contributed by atoms with Crippen molar-refractivity contribution in [2.75, 3.05) is 13.1 Å². The average molecular weight is 440 g/mol. The fourth-order valence-electron chi connectivity index (χ4n) is 4.12. The minimum atomic E-state index is -3.49. The van der Waals surface area contributed by atoms with Crippen molar-refractivity contribution in [2.24, 2.45) is 5.92 Å². The summed E-state index contributed by atoms with van der Waals surface area (Å²) in [5.41, 5.74) is 1.89. The van der Waals surface area contributed by atoms with Crippen LogP contribution in [0, 0.1) is 5.92 Å². The lowest BCUT2D eigenvalue weighted by atomic mass is 10.0. The van der Waals surface area contributed by atoms with Gasteiger partial charge in [0.05, 0.1) is 10.9 Å². The fraction of sp³-hybridized carbons (Fsp3) is 0.375. The average Bonchev–Trinajstić information content (AvgIpc) is 3.16. The number of fused-ring (bicyclic) bond motifs is 1. The van der Waals surface area contributed by atoms with E-state index in [1.165, 1.54) is 0 Å². The van der Waals surface area contributed by atoms with Gasteiger partial charge in [-0.1, -0.05) is 37.3 Å². The van der Waals surface area contributed by atoms with Crippen molar-refractivity contribution in [3.8, 4) is 0 Å². The normalized spacial score (nSPS) is 17.0. The van der Waals surface area contributed by atoms with Crippen molar-refractivity contribution in [1.82, 2.24) is 14.2 Å². The van der Waals surface area contributed by atoms with Gasteiger partial charge < -0.3 is 9.88 Å². The molecule has 1 N–H and O–H groups in total. The van der Waals surface area contributed by atoms with Gasteiger partial charge in [0.15, 0.2) is 0 Å². The second-order valence-electron chi connectivity index (χ2n) is 8.45. The molecule has 0 spiro atoms. The summed E-state index contributed by atoms with van der Waals surface area (Å²) in [7, 11) is -3.49. The topological polar surface area (TPSA) is 71.4 Å². The van der Waals surface area contributed by atoms with Crippen LogP contribution in [0.1, 0.15) is 38.3 Å². The van der Waals surface area contributed by atoms with Gasteiger partial charge in [0.1, 0.15) is 6.54 Å². The molecule has 0 unspecified atom stereocenters. The number of carbonyl (C=O) groups excluding carboxylic acids is 1. The molecule has 1 amide bonds. The van der Waals surface area contributed by atoms with Gasteiger partial charge >= 0.3 is 0 Å². The van der Waals surface area contributed by atoms with Crippen molar-refractivity contribution in [3.05, 3.63) is 66.4 Å². The standard InChI is InChI=1S/C24H29N3O3S/c1-18-10-14-27(15-11-18)31(29,30)22-8-9-23-21(16-22)12-13-26(23)17-24(28)25-19(2)20-6-4-3-5-7-20/h3-9,12-13,16,18-19H,10-11,14-15,17H2,1-2H3,(H,25,28)/t19-/m1/s1. The van der Waals surface area contributed by atoms with E-state index in [2.05, 4.69) is 12.2 Å². The summed E-state index contributed by atoms with van der Waals surface area (Å²) in [6.45, 7) is 5.44. The molecular weight excluding hydrogens is 410 g/mol. The number of nitrogens with zero attached hydrogens (tertiary/aromatic N) is 2. The number of hydrogen-bond donors (Lipinski definition) is 1. The van der Waals surface area contributed by atoms with Gasteiger partial charge in [0.2, 0.25) is 15.9 Å². The zero-order valence-corrected chi connectivity index (χ0v) is 18.8. The molecule has 0 bridgehead atoms. The Kier molecular flexibility index (Phi) is 6.16. The molecule has 1 aliphatic heterocycles. The molecule has 6 nitrogen and oxygen atoms in total. The first-order chi connectivity index (χ1) is 14.8. The van der Waals surface area contributed by atoms with Crippen LogP contribution in [0.3, 0.4) is 0 Å². The van der Waals surface area contributed by atoms with E-state index in [1.54, 1.807) is 22.5 Å². The molecule has 4 rings (SSSR count). The largest absolute Gasteiger partial charge is 0.348 e. The summed E-state index contributed by atoms with van der Waals surface area (Å²) in [6.07, 6.45) is 3.62. The van der Waals surface area contributed by atoms with Crippen molar-refractivity contribution in [1.29, 1.82) is 0 Å². The van der Waals surface area contributed by atoms with E-state index >= 15 is 0 Å². The summed E-state index contributed by atoms with van der Waals surface area (Å²) in [4.78, 5) is 12.9. The Labute approximate surface area is 183 Å². The highest BCUT2D eigenvalue weighted by molar-refractivity contribution is 7.89. The van der Waals surface area contributed by atoms with E-state index < -0.39 is 10.0 Å². The van der Waals surface area contributed by atoms with Crippen LogP contribution < -0.4 is 5.32 Å². The number of amides is 1. The number of rotatable bonds is 6. The maximum absolute atomic E-state index is 13.0. The quantitative estimate of drug-likeness (QED) is 0.632. The Balaban J connectivity index is 1.48. The lowest BCUT2D eigenvalue weighted by Crippen LogP contribution is -2.37. The zero-order valence-electron chi connectivity index (χ0n) is 18.0. The van der Waals surface area contributed by atoms with Crippen LogP contribution in [0.2, 0.25) is 0 Å². The van der Waals surface area contributed by atoms with E-state index in [0.717, 1.165) is 29.3 Å². The number of benzene rings is 2. The first-order valence-corrected chi connectivity index (χ1v) is 12.2. The molecule has 3 aromatic rings. The molecule has 2 aromatic carbocycles. The third kappa shape index (κ3) is 4.67. The second-order valence-corrected chi connectivity index (χ2v) is 10.4. The van der Waals surface area contributed by atoms with Crippen LogP contribution in [0.25, 0.3) is 10.9 Å². The van der Waals surface area contributed by atoms with Crippen LogP contribution in [0.4, 0.5) is 0 Å². The summed E-state index contributed by atoms with van der Waals surface area (Å²) in [5, 5.41) is 3.83. The number of hydrogen-bond acceptors (Lipinski definition) is 3. The predicted molar refractivity (Wildman–Crippen MR) is 122 cm³/mol. The van der Waals surface area contributed by atoms with Crippen molar-refractivity contribution in [2.45, 2.75) is 44.2 Å². The van der Waals surface area contributed by atoms with Crippen molar-refractivity contribution >= 4 is 26.8 Å². The first-order valence-electron chi connectivity index (χ1n) is 10.8. The highest BCUT2D eigenvalue weighted by atomic mass is 32.2. The summed E-state index contributed by atoms with van der Waals surface area (Å²) in [5.74, 6) is 0.478. The minimum absolute atomic E-state index is 0.0838. The van der Waals surface area contributed by atoms with Gasteiger partial charge in [0, 0.05) is 30.2 Å². The Morgan fingerprint density at radius 2 is 1.81 bits per heavy atom. The number of aromatic nitrogens is 1. The van der Waals surface area contributed by atoms with Crippen molar-refractivity contribution < 1.29 is 13.2 Å². The van der Waals surface area contributed by atoms with Crippen LogP contribution in [0.5, 0.6) is 0 Å². The Bertz CT molecular complexity index is 1160. The maximum atomic E-state index is 13.0. The molecule has 1 atom stereocenters. The molecule has 31 heavy (non-hydrogen) atoms. The van der Waals surface area contributed by atoms with E-state index in [0.29, 0.717) is 23.9 Å². The highest BCUT2D eigenvalue weighted by Crippen LogP contribution is 2.26. The van der Waals surface area contributed by atoms with Crippen LogP contribution in [0.15, 0.2) is 65.7 Å². The third-order valence-electron chi connectivity index (χ3n) is 6.11. The summed E-state index contributed by atoms with van der Waals surface area (Å²) in [6, 6.07) is 16.8. The molecule has 1 saturated heterocycles. The number of sulfonamides is 1. The molecule has 7 heteroatoms. The highest BCUT2D eigenvalue weighted by Gasteiger charge is 2.28. The number of piperidine rings is 1. The monoisotopic (exact) mass is 439 g/mol. The molecule has 1 aromatic heterocycles. The van der Waals surface area contributed by atoms with E-state index in [1.807, 2.05) is 54.1 Å². The predicted octanol–water partition coefficient (Wildman–Crippen LogP) is 3.94. The van der Waals surface area contributed by atoms with Gasteiger partial charge in [-0.15, -0.1) is 0 Å². The van der Waals surface area contributed by atoms with Gasteiger partial charge in [-0.3, -0.25) is 4.79 Å². The minimum Gasteiger partial charge on any atom is -0.348 e. The van der Waals surface area contributed by atoms with Gasteiger partial charge in [0.25, 0.3) is 0 Å². The lowest BCUT2D eigenvalue weighted by molar-refractivity contribution is -0.122. The molecule has 1 fully saturated rings. The second kappa shape index (κ2) is 8.85. The molecule has 2 heterocycles. The Hall–Kier alpha value is -2.64. The summed E-state index contributed by atoms with van der Waals surface area (Å²) >= 11 is 0. The molecule has 1 aliphatic rings.